The molecular formula is C17H20N6O4S2. The SMILES string of the molecule is O=C(CSc1n[nH]c(=O)n1C1CC1)Nc1cccc(S(=O)(=O)NC2=NCCC2)c1. The number of amides is 1. The van der Waals surface area contributed by atoms with Gasteiger partial charge in [0.1, 0.15) is 5.84 Å². The van der Waals surface area contributed by atoms with Crippen LogP contribution < -0.4 is 15.7 Å². The maximum absolute atomic E-state index is 12.5. The van der Waals surface area contributed by atoms with E-state index in [2.05, 4.69) is 25.2 Å². The van der Waals surface area contributed by atoms with E-state index in [1.54, 1.807) is 16.7 Å². The largest absolute Gasteiger partial charge is 0.344 e. The lowest BCUT2D eigenvalue weighted by atomic mass is 10.3. The van der Waals surface area contributed by atoms with Crippen molar-refractivity contribution in [3.05, 3.63) is 34.7 Å². The van der Waals surface area contributed by atoms with Crippen LogP contribution in [0.15, 0.2) is 44.1 Å². The number of hydrogen-bond donors (Lipinski definition) is 3. The lowest BCUT2D eigenvalue weighted by Crippen LogP contribution is -2.29. The molecule has 12 heteroatoms. The molecule has 154 valence electrons. The Labute approximate surface area is 171 Å². The predicted octanol–water partition coefficient (Wildman–Crippen LogP) is 1.11. The first-order valence-electron chi connectivity index (χ1n) is 9.18. The van der Waals surface area contributed by atoms with Crippen molar-refractivity contribution in [3.63, 3.8) is 0 Å². The molecule has 1 amide bonds. The van der Waals surface area contributed by atoms with Crippen LogP contribution in [-0.2, 0) is 14.8 Å². The highest BCUT2D eigenvalue weighted by molar-refractivity contribution is 7.99. The third-order valence-corrected chi connectivity index (χ3v) is 6.80. The molecule has 3 N–H and O–H groups in total. The summed E-state index contributed by atoms with van der Waals surface area (Å²) in [5, 5.41) is 9.53. The fourth-order valence-corrected chi connectivity index (χ4v) is 4.90. The molecule has 0 radical (unpaired) electrons. The molecule has 1 aromatic heterocycles. The van der Waals surface area contributed by atoms with Crippen LogP contribution in [0.1, 0.15) is 31.7 Å². The van der Waals surface area contributed by atoms with Gasteiger partial charge in [-0.25, -0.2) is 18.3 Å². The van der Waals surface area contributed by atoms with Gasteiger partial charge in [0, 0.05) is 24.7 Å². The van der Waals surface area contributed by atoms with E-state index < -0.39 is 10.0 Å². The van der Waals surface area contributed by atoms with Crippen LogP contribution in [0.2, 0.25) is 0 Å². The second kappa shape index (κ2) is 8.03. The lowest BCUT2D eigenvalue weighted by molar-refractivity contribution is -0.113. The summed E-state index contributed by atoms with van der Waals surface area (Å²) in [6, 6.07) is 6.19. The van der Waals surface area contributed by atoms with Crippen LogP contribution >= 0.6 is 11.8 Å². The van der Waals surface area contributed by atoms with Gasteiger partial charge in [-0.05, 0) is 37.5 Å². The van der Waals surface area contributed by atoms with E-state index in [-0.39, 0.29) is 28.3 Å². The molecule has 29 heavy (non-hydrogen) atoms. The summed E-state index contributed by atoms with van der Waals surface area (Å²) in [5.74, 6) is 0.176. The average Bonchev–Trinajstić information content (AvgIpc) is 3.26. The lowest BCUT2D eigenvalue weighted by Gasteiger charge is -2.10. The number of carbonyl (C=O) groups excluding carboxylic acids is 1. The summed E-state index contributed by atoms with van der Waals surface area (Å²) in [4.78, 5) is 28.2. The summed E-state index contributed by atoms with van der Waals surface area (Å²) >= 11 is 1.16. The van der Waals surface area contributed by atoms with Gasteiger partial charge >= 0.3 is 5.69 Å². The number of anilines is 1. The zero-order valence-electron chi connectivity index (χ0n) is 15.4. The number of sulfonamides is 1. The number of thioether (sulfide) groups is 1. The molecule has 2 heterocycles. The van der Waals surface area contributed by atoms with Crippen molar-refractivity contribution in [1.82, 2.24) is 19.5 Å². The number of aliphatic imine (C=N–C) groups is 1. The molecular weight excluding hydrogens is 416 g/mol. The Morgan fingerprint density at radius 1 is 1.34 bits per heavy atom. The van der Waals surface area contributed by atoms with Crippen LogP contribution in [0.25, 0.3) is 0 Å². The monoisotopic (exact) mass is 436 g/mol. The van der Waals surface area contributed by atoms with Gasteiger partial charge in [0.15, 0.2) is 5.16 Å². The summed E-state index contributed by atoms with van der Waals surface area (Å²) in [6.07, 6.45) is 3.30. The Morgan fingerprint density at radius 2 is 2.17 bits per heavy atom. The van der Waals surface area contributed by atoms with E-state index >= 15 is 0 Å². The zero-order valence-corrected chi connectivity index (χ0v) is 17.1. The Hall–Kier alpha value is -2.60. The highest BCUT2D eigenvalue weighted by Gasteiger charge is 2.28. The molecule has 0 spiro atoms. The predicted molar refractivity (Wildman–Crippen MR) is 109 cm³/mol. The van der Waals surface area contributed by atoms with Crippen molar-refractivity contribution in [2.45, 2.75) is 41.8 Å². The molecule has 1 aliphatic carbocycles. The Bertz CT molecular complexity index is 1120. The van der Waals surface area contributed by atoms with Gasteiger partial charge in [-0.2, -0.15) is 0 Å². The molecule has 0 bridgehead atoms. The topological polar surface area (TPSA) is 138 Å². The molecule has 0 saturated heterocycles. The van der Waals surface area contributed by atoms with Crippen molar-refractivity contribution in [2.75, 3.05) is 17.6 Å². The quantitative estimate of drug-likeness (QED) is 0.556. The van der Waals surface area contributed by atoms with Crippen molar-refractivity contribution < 1.29 is 13.2 Å². The highest BCUT2D eigenvalue weighted by atomic mass is 32.2. The molecule has 1 aliphatic heterocycles. The number of benzene rings is 1. The third kappa shape index (κ3) is 4.70. The Balaban J connectivity index is 1.39. The van der Waals surface area contributed by atoms with Crippen molar-refractivity contribution in [1.29, 1.82) is 0 Å². The third-order valence-electron chi connectivity index (χ3n) is 4.47. The van der Waals surface area contributed by atoms with E-state index in [9.17, 15) is 18.0 Å². The molecule has 10 nitrogen and oxygen atoms in total. The number of nitrogens with one attached hydrogen (secondary N) is 3. The highest BCUT2D eigenvalue weighted by Crippen LogP contribution is 2.36. The standard InChI is InChI=1S/C17H20N6O4S2/c24-15(10-28-17-21-20-16(25)23(17)12-6-7-12)19-11-3-1-4-13(9-11)29(26,27)22-14-5-2-8-18-14/h1,3-4,9,12H,2,5-8,10H2,(H,18,22)(H,19,24)(H,20,25). The number of nitrogens with zero attached hydrogens (tertiary/aromatic N) is 3. The Kier molecular flexibility index (Phi) is 5.46. The van der Waals surface area contributed by atoms with E-state index in [0.717, 1.165) is 31.0 Å². The minimum absolute atomic E-state index is 0.0447. The maximum Gasteiger partial charge on any atom is 0.344 e. The molecule has 1 aromatic carbocycles. The van der Waals surface area contributed by atoms with Gasteiger partial charge in [0.05, 0.1) is 10.6 Å². The zero-order chi connectivity index (χ0) is 20.4. The summed E-state index contributed by atoms with van der Waals surface area (Å²) in [6.45, 7) is 0.621. The van der Waals surface area contributed by atoms with E-state index in [4.69, 9.17) is 0 Å². The normalized spacial score (nSPS) is 16.5. The minimum Gasteiger partial charge on any atom is -0.325 e. The number of aromatic amines is 1. The molecule has 4 rings (SSSR count). The van der Waals surface area contributed by atoms with Gasteiger partial charge in [0.25, 0.3) is 10.0 Å². The first-order valence-corrected chi connectivity index (χ1v) is 11.6. The van der Waals surface area contributed by atoms with Gasteiger partial charge < -0.3 is 5.32 Å². The number of H-pyrrole nitrogens is 1. The fraction of sp³-hybridized carbons (Fsp3) is 0.412. The number of carbonyl (C=O) groups is 1. The smallest absolute Gasteiger partial charge is 0.325 e. The van der Waals surface area contributed by atoms with E-state index in [1.165, 1.54) is 12.1 Å². The van der Waals surface area contributed by atoms with E-state index in [0.29, 0.717) is 29.6 Å². The van der Waals surface area contributed by atoms with E-state index in [1.807, 2.05) is 0 Å². The van der Waals surface area contributed by atoms with Gasteiger partial charge in [0.2, 0.25) is 5.91 Å². The first kappa shape index (κ1) is 19.7. The number of amidine groups is 1. The fourth-order valence-electron chi connectivity index (χ4n) is 2.95. The van der Waals surface area contributed by atoms with Crippen LogP contribution in [0.5, 0.6) is 0 Å². The van der Waals surface area contributed by atoms with Crippen molar-refractivity contribution in [2.24, 2.45) is 4.99 Å². The van der Waals surface area contributed by atoms with Crippen molar-refractivity contribution in [3.8, 4) is 0 Å². The van der Waals surface area contributed by atoms with Crippen molar-refractivity contribution >= 4 is 39.2 Å². The molecule has 1 saturated carbocycles. The summed E-state index contributed by atoms with van der Waals surface area (Å²) in [7, 11) is -3.75. The van der Waals surface area contributed by atoms with Gasteiger partial charge in [-0.1, -0.05) is 17.8 Å². The molecule has 0 atom stereocenters. The van der Waals surface area contributed by atoms with Crippen LogP contribution in [-0.4, -0.2) is 47.2 Å². The van der Waals surface area contributed by atoms with Gasteiger partial charge in [-0.3, -0.25) is 19.1 Å². The molecule has 1 fully saturated rings. The molecule has 0 unspecified atom stereocenters. The summed E-state index contributed by atoms with van der Waals surface area (Å²) < 4.78 is 29.0. The maximum atomic E-state index is 12.5. The second-order valence-corrected chi connectivity index (χ2v) is 9.44. The van der Waals surface area contributed by atoms with Gasteiger partial charge in [-0.15, -0.1) is 5.10 Å². The molecule has 2 aliphatic rings. The average molecular weight is 437 g/mol. The van der Waals surface area contributed by atoms with Crippen LogP contribution in [0.3, 0.4) is 0 Å². The number of aromatic nitrogens is 3. The minimum atomic E-state index is -3.75. The van der Waals surface area contributed by atoms with Crippen LogP contribution in [0, 0.1) is 0 Å². The second-order valence-electron chi connectivity index (χ2n) is 6.81. The number of hydrogen-bond acceptors (Lipinski definition) is 7. The summed E-state index contributed by atoms with van der Waals surface area (Å²) in [5.41, 5.74) is 0.0983. The molecule has 2 aromatic rings. The Morgan fingerprint density at radius 3 is 2.90 bits per heavy atom. The van der Waals surface area contributed by atoms with Crippen LogP contribution in [0.4, 0.5) is 5.69 Å². The number of rotatable bonds is 7. The first-order chi connectivity index (χ1) is 13.9.